The van der Waals surface area contributed by atoms with E-state index < -0.39 is 0 Å². The molecule has 0 unspecified atom stereocenters. The third-order valence-corrected chi connectivity index (χ3v) is 6.77. The first-order chi connectivity index (χ1) is 15.5. The second-order valence-electron chi connectivity index (χ2n) is 8.30. The highest BCUT2D eigenvalue weighted by atomic mass is 32.1. The fourth-order valence-corrected chi connectivity index (χ4v) is 4.75. The van der Waals surface area contributed by atoms with Gasteiger partial charge < -0.3 is 14.4 Å². The molecule has 4 rings (SSSR count). The van der Waals surface area contributed by atoms with Crippen LogP contribution in [0.3, 0.4) is 0 Å². The van der Waals surface area contributed by atoms with E-state index in [4.69, 9.17) is 9.47 Å². The summed E-state index contributed by atoms with van der Waals surface area (Å²) in [6.45, 7) is 8.69. The van der Waals surface area contributed by atoms with Crippen molar-refractivity contribution in [2.24, 2.45) is 0 Å². The van der Waals surface area contributed by atoms with Crippen molar-refractivity contribution in [3.05, 3.63) is 81.0 Å². The van der Waals surface area contributed by atoms with Crippen molar-refractivity contribution >= 4 is 17.2 Å². The van der Waals surface area contributed by atoms with Gasteiger partial charge in [0.1, 0.15) is 18.1 Å². The topological polar surface area (TPSA) is 42.0 Å². The Morgan fingerprint density at radius 1 is 1.00 bits per heavy atom. The van der Waals surface area contributed by atoms with Crippen LogP contribution in [0, 0.1) is 13.8 Å². The molecule has 1 aromatic heterocycles. The minimum absolute atomic E-state index is 0.119. The Labute approximate surface area is 194 Å². The van der Waals surface area contributed by atoms with E-state index in [1.165, 1.54) is 22.5 Å². The SMILES string of the molecule is COc1cccc(CN2CCN(C(=O)c3cc(COc4cc(C)ccc4C)cs3)CC2)c1. The number of nitrogens with zero attached hydrogens (tertiary/aromatic N) is 2. The van der Waals surface area contributed by atoms with E-state index in [2.05, 4.69) is 42.2 Å². The fraction of sp³-hybridized carbons (Fsp3) is 0.346. The van der Waals surface area contributed by atoms with Crippen molar-refractivity contribution in [1.82, 2.24) is 9.80 Å². The third kappa shape index (κ3) is 5.50. The highest BCUT2D eigenvalue weighted by Gasteiger charge is 2.23. The number of benzene rings is 2. The number of aryl methyl sites for hydroxylation is 2. The molecule has 6 heteroatoms. The van der Waals surface area contributed by atoms with E-state index in [1.807, 2.05) is 35.4 Å². The molecule has 0 bridgehead atoms. The van der Waals surface area contributed by atoms with Gasteiger partial charge in [-0.2, -0.15) is 0 Å². The molecule has 3 aromatic rings. The molecular weight excluding hydrogens is 420 g/mol. The van der Waals surface area contributed by atoms with Crippen LogP contribution in [0.25, 0.3) is 0 Å². The lowest BCUT2D eigenvalue weighted by molar-refractivity contribution is 0.0633. The van der Waals surface area contributed by atoms with Gasteiger partial charge >= 0.3 is 0 Å². The van der Waals surface area contributed by atoms with Crippen LogP contribution < -0.4 is 9.47 Å². The number of hydrogen-bond donors (Lipinski definition) is 0. The Balaban J connectivity index is 1.29. The zero-order valence-electron chi connectivity index (χ0n) is 19.0. The van der Waals surface area contributed by atoms with Gasteiger partial charge in [0.25, 0.3) is 5.91 Å². The van der Waals surface area contributed by atoms with Crippen LogP contribution in [0.15, 0.2) is 53.9 Å². The molecule has 32 heavy (non-hydrogen) atoms. The van der Waals surface area contributed by atoms with Crippen LogP contribution in [-0.4, -0.2) is 49.0 Å². The van der Waals surface area contributed by atoms with E-state index in [1.54, 1.807) is 7.11 Å². The minimum atomic E-state index is 0.119. The molecule has 1 aliphatic heterocycles. The Bertz CT molecular complexity index is 1070. The molecule has 1 fully saturated rings. The van der Waals surface area contributed by atoms with Crippen LogP contribution in [0.5, 0.6) is 11.5 Å². The summed E-state index contributed by atoms with van der Waals surface area (Å²) in [5, 5.41) is 2.03. The number of ether oxygens (including phenoxy) is 2. The van der Waals surface area contributed by atoms with E-state index in [-0.39, 0.29) is 5.91 Å². The quantitative estimate of drug-likeness (QED) is 0.513. The molecule has 0 atom stereocenters. The molecule has 0 radical (unpaired) electrons. The summed E-state index contributed by atoms with van der Waals surface area (Å²) in [6.07, 6.45) is 0. The first kappa shape index (κ1) is 22.4. The second kappa shape index (κ2) is 10.2. The molecule has 0 saturated carbocycles. The molecule has 5 nitrogen and oxygen atoms in total. The van der Waals surface area contributed by atoms with Gasteiger partial charge in [0.2, 0.25) is 0 Å². The summed E-state index contributed by atoms with van der Waals surface area (Å²) in [5.41, 5.74) is 4.57. The number of piperazine rings is 1. The number of thiophene rings is 1. The minimum Gasteiger partial charge on any atom is -0.497 e. The van der Waals surface area contributed by atoms with Crippen molar-refractivity contribution in [3.8, 4) is 11.5 Å². The lowest BCUT2D eigenvalue weighted by atomic mass is 10.1. The second-order valence-corrected chi connectivity index (χ2v) is 9.21. The lowest BCUT2D eigenvalue weighted by Gasteiger charge is -2.34. The van der Waals surface area contributed by atoms with Crippen molar-refractivity contribution in [2.75, 3.05) is 33.3 Å². The number of amides is 1. The summed E-state index contributed by atoms with van der Waals surface area (Å²) >= 11 is 1.50. The molecular formula is C26H30N2O3S. The maximum atomic E-state index is 13.0. The van der Waals surface area contributed by atoms with E-state index in [0.717, 1.165) is 60.2 Å². The standard InChI is InChI=1S/C26H30N2O3S/c1-19-7-8-20(2)24(13-19)31-17-22-15-25(32-18-22)26(29)28-11-9-27(10-12-28)16-21-5-4-6-23(14-21)30-3/h4-8,13-15,18H,9-12,16-17H2,1-3H3. The van der Waals surface area contributed by atoms with Gasteiger partial charge in [-0.25, -0.2) is 0 Å². The number of rotatable bonds is 7. The van der Waals surface area contributed by atoms with E-state index >= 15 is 0 Å². The number of methoxy groups -OCH3 is 1. The van der Waals surface area contributed by atoms with E-state index in [0.29, 0.717) is 6.61 Å². The maximum Gasteiger partial charge on any atom is 0.264 e. The summed E-state index contributed by atoms with van der Waals surface area (Å²) < 4.78 is 11.3. The summed E-state index contributed by atoms with van der Waals surface area (Å²) in [5.74, 6) is 1.90. The molecule has 0 aliphatic carbocycles. The van der Waals surface area contributed by atoms with Crippen LogP contribution in [0.1, 0.15) is 31.9 Å². The van der Waals surface area contributed by atoms with Gasteiger partial charge in [-0.3, -0.25) is 9.69 Å². The first-order valence-electron chi connectivity index (χ1n) is 10.9. The Morgan fingerprint density at radius 2 is 1.81 bits per heavy atom. The van der Waals surface area contributed by atoms with E-state index in [9.17, 15) is 4.79 Å². The predicted octanol–water partition coefficient (Wildman–Crippen LogP) is 4.91. The predicted molar refractivity (Wildman–Crippen MR) is 129 cm³/mol. The third-order valence-electron chi connectivity index (χ3n) is 5.80. The summed E-state index contributed by atoms with van der Waals surface area (Å²) in [6, 6.07) is 16.4. The van der Waals surface area contributed by atoms with Crippen molar-refractivity contribution in [3.63, 3.8) is 0 Å². The molecule has 168 valence electrons. The van der Waals surface area contributed by atoms with Crippen LogP contribution in [-0.2, 0) is 13.2 Å². The fourth-order valence-electron chi connectivity index (χ4n) is 3.88. The van der Waals surface area contributed by atoms with Crippen molar-refractivity contribution in [2.45, 2.75) is 27.0 Å². The van der Waals surface area contributed by atoms with Gasteiger partial charge in [0.15, 0.2) is 0 Å². The summed E-state index contributed by atoms with van der Waals surface area (Å²) in [4.78, 5) is 18.1. The molecule has 2 aromatic carbocycles. The molecule has 1 amide bonds. The maximum absolute atomic E-state index is 13.0. The molecule has 1 aliphatic rings. The average Bonchev–Trinajstić information content (AvgIpc) is 3.29. The smallest absolute Gasteiger partial charge is 0.264 e. The van der Waals surface area contributed by atoms with Gasteiger partial charge in [-0.1, -0.05) is 24.3 Å². The Kier molecular flexibility index (Phi) is 7.12. The van der Waals surface area contributed by atoms with Gasteiger partial charge in [-0.05, 0) is 60.2 Å². The highest BCUT2D eigenvalue weighted by Crippen LogP contribution is 2.23. The number of carbonyl (C=O) groups is 1. The van der Waals surface area contributed by atoms with Crippen molar-refractivity contribution < 1.29 is 14.3 Å². The molecule has 0 spiro atoms. The normalized spacial score (nSPS) is 14.4. The largest absolute Gasteiger partial charge is 0.497 e. The summed E-state index contributed by atoms with van der Waals surface area (Å²) in [7, 11) is 1.69. The first-order valence-corrected chi connectivity index (χ1v) is 11.8. The zero-order valence-corrected chi connectivity index (χ0v) is 19.8. The van der Waals surface area contributed by atoms with Gasteiger partial charge in [0.05, 0.1) is 12.0 Å². The number of hydrogen-bond acceptors (Lipinski definition) is 5. The number of carbonyl (C=O) groups excluding carboxylic acids is 1. The monoisotopic (exact) mass is 450 g/mol. The molecule has 0 N–H and O–H groups in total. The molecule has 1 saturated heterocycles. The Hall–Kier alpha value is -2.83. The van der Waals surface area contributed by atoms with Gasteiger partial charge in [-0.15, -0.1) is 11.3 Å². The van der Waals surface area contributed by atoms with Crippen LogP contribution in [0.2, 0.25) is 0 Å². The Morgan fingerprint density at radius 3 is 2.59 bits per heavy atom. The average molecular weight is 451 g/mol. The van der Waals surface area contributed by atoms with Crippen LogP contribution >= 0.6 is 11.3 Å². The molecule has 2 heterocycles. The van der Waals surface area contributed by atoms with Gasteiger partial charge in [0, 0.05) is 38.3 Å². The van der Waals surface area contributed by atoms with Crippen molar-refractivity contribution in [1.29, 1.82) is 0 Å². The highest BCUT2D eigenvalue weighted by molar-refractivity contribution is 7.12. The lowest BCUT2D eigenvalue weighted by Crippen LogP contribution is -2.48. The van der Waals surface area contributed by atoms with Crippen LogP contribution in [0.4, 0.5) is 0 Å². The zero-order chi connectivity index (χ0) is 22.5.